The van der Waals surface area contributed by atoms with E-state index in [0.717, 1.165) is 18.2 Å². The second-order valence-corrected chi connectivity index (χ2v) is 7.27. The molecule has 1 aliphatic heterocycles. The first-order valence-electron chi connectivity index (χ1n) is 6.70. The summed E-state index contributed by atoms with van der Waals surface area (Å²) in [6, 6.07) is 0.590. The van der Waals surface area contributed by atoms with Crippen molar-refractivity contribution in [3.8, 4) is 0 Å². The minimum absolute atomic E-state index is 0.590. The maximum atomic E-state index is 4.27. The van der Waals surface area contributed by atoms with E-state index in [1.165, 1.54) is 29.2 Å². The van der Waals surface area contributed by atoms with E-state index >= 15 is 0 Å². The largest absolute Gasteiger partial charge is 0.313 e. The van der Waals surface area contributed by atoms with Crippen LogP contribution in [0.4, 0.5) is 0 Å². The van der Waals surface area contributed by atoms with Gasteiger partial charge in [0.2, 0.25) is 0 Å². The van der Waals surface area contributed by atoms with E-state index in [-0.39, 0.29) is 0 Å². The lowest BCUT2D eigenvalue weighted by Gasteiger charge is -2.30. The van der Waals surface area contributed by atoms with Crippen molar-refractivity contribution in [3.63, 3.8) is 0 Å². The molecular weight excluding hydrogens is 262 g/mol. The third-order valence-corrected chi connectivity index (χ3v) is 6.08. The molecule has 1 saturated heterocycles. The van der Waals surface area contributed by atoms with Crippen LogP contribution in [0.5, 0.6) is 0 Å². The van der Waals surface area contributed by atoms with Gasteiger partial charge in [0.1, 0.15) is 0 Å². The molecule has 2 heterocycles. The lowest BCUT2D eigenvalue weighted by Crippen LogP contribution is -2.43. The molecule has 1 fully saturated rings. The van der Waals surface area contributed by atoms with Gasteiger partial charge in [-0.25, -0.2) is 0 Å². The van der Waals surface area contributed by atoms with Crippen molar-refractivity contribution in [2.75, 3.05) is 23.8 Å². The van der Waals surface area contributed by atoms with E-state index in [9.17, 15) is 0 Å². The fourth-order valence-corrected chi connectivity index (χ4v) is 5.12. The zero-order chi connectivity index (χ0) is 12.8. The van der Waals surface area contributed by atoms with E-state index < -0.39 is 0 Å². The number of hydrogen-bond acceptors (Lipinski definition) is 4. The Morgan fingerprint density at radius 2 is 2.44 bits per heavy atom. The Labute approximate surface area is 118 Å². The van der Waals surface area contributed by atoms with Gasteiger partial charge in [0.05, 0.1) is 6.20 Å². The molecule has 5 heteroatoms. The highest BCUT2D eigenvalue weighted by atomic mass is 32.2. The molecule has 2 rings (SSSR count). The van der Waals surface area contributed by atoms with Gasteiger partial charge in [-0.1, -0.05) is 6.92 Å². The SMILES string of the molecule is CCCNC(Cc1cnn(C)c1)C1CSCCS1. The second-order valence-electron chi connectivity index (χ2n) is 4.77. The predicted octanol–water partition coefficient (Wildman–Crippen LogP) is 2.18. The van der Waals surface area contributed by atoms with Gasteiger partial charge in [0, 0.05) is 41.8 Å². The Bertz CT molecular complexity index is 348. The van der Waals surface area contributed by atoms with Gasteiger partial charge in [-0.15, -0.1) is 0 Å². The topological polar surface area (TPSA) is 29.9 Å². The van der Waals surface area contributed by atoms with Crippen molar-refractivity contribution >= 4 is 23.5 Å². The zero-order valence-corrected chi connectivity index (χ0v) is 12.9. The second kappa shape index (κ2) is 7.46. The molecule has 102 valence electrons. The summed E-state index contributed by atoms with van der Waals surface area (Å²) in [6.07, 6.45) is 6.45. The maximum Gasteiger partial charge on any atom is 0.0522 e. The first-order valence-corrected chi connectivity index (χ1v) is 8.90. The standard InChI is InChI=1S/C13H23N3S2/c1-3-4-14-12(13-10-17-5-6-18-13)7-11-8-15-16(2)9-11/h8-9,12-14H,3-7,10H2,1-2H3. The molecule has 0 saturated carbocycles. The van der Waals surface area contributed by atoms with Crippen LogP contribution in [0.25, 0.3) is 0 Å². The van der Waals surface area contributed by atoms with Crippen LogP contribution in [0, 0.1) is 0 Å². The molecule has 0 bridgehead atoms. The third kappa shape index (κ3) is 4.21. The summed E-state index contributed by atoms with van der Waals surface area (Å²) in [6.45, 7) is 3.35. The number of thioether (sulfide) groups is 2. The molecule has 0 radical (unpaired) electrons. The van der Waals surface area contributed by atoms with Gasteiger partial charge in [-0.2, -0.15) is 28.6 Å². The highest BCUT2D eigenvalue weighted by Gasteiger charge is 2.24. The van der Waals surface area contributed by atoms with Crippen molar-refractivity contribution < 1.29 is 0 Å². The van der Waals surface area contributed by atoms with Gasteiger partial charge < -0.3 is 5.32 Å². The molecule has 0 amide bonds. The van der Waals surface area contributed by atoms with E-state index in [0.29, 0.717) is 6.04 Å². The Balaban J connectivity index is 1.94. The first kappa shape index (κ1) is 14.3. The summed E-state index contributed by atoms with van der Waals surface area (Å²) < 4.78 is 1.90. The van der Waals surface area contributed by atoms with Crippen LogP contribution in [0.15, 0.2) is 12.4 Å². The molecule has 1 aromatic rings. The number of nitrogens with one attached hydrogen (secondary N) is 1. The maximum absolute atomic E-state index is 4.27. The van der Waals surface area contributed by atoms with E-state index in [2.05, 4.69) is 47.1 Å². The number of aromatic nitrogens is 2. The predicted molar refractivity (Wildman–Crippen MR) is 82.6 cm³/mol. The van der Waals surface area contributed by atoms with Gasteiger partial charge in [-0.3, -0.25) is 4.68 Å². The molecule has 1 aliphatic rings. The van der Waals surface area contributed by atoms with Crippen LogP contribution in [0.1, 0.15) is 18.9 Å². The Morgan fingerprint density at radius 1 is 1.56 bits per heavy atom. The van der Waals surface area contributed by atoms with Crippen LogP contribution >= 0.6 is 23.5 Å². The minimum Gasteiger partial charge on any atom is -0.313 e. The highest BCUT2D eigenvalue weighted by molar-refractivity contribution is 8.06. The fourth-order valence-electron chi connectivity index (χ4n) is 2.23. The van der Waals surface area contributed by atoms with E-state index in [1.54, 1.807) is 0 Å². The summed E-state index contributed by atoms with van der Waals surface area (Å²) in [4.78, 5) is 0. The first-order chi connectivity index (χ1) is 8.79. The number of nitrogens with zero attached hydrogens (tertiary/aromatic N) is 2. The summed E-state index contributed by atoms with van der Waals surface area (Å²) in [5, 5.41) is 8.74. The smallest absolute Gasteiger partial charge is 0.0522 e. The quantitative estimate of drug-likeness (QED) is 0.868. The van der Waals surface area contributed by atoms with Gasteiger partial charge in [0.25, 0.3) is 0 Å². The molecular formula is C13H23N3S2. The van der Waals surface area contributed by atoms with E-state index in [4.69, 9.17) is 0 Å². The van der Waals surface area contributed by atoms with Crippen LogP contribution in [0.2, 0.25) is 0 Å². The van der Waals surface area contributed by atoms with Crippen molar-refractivity contribution in [1.29, 1.82) is 0 Å². The molecule has 0 aliphatic carbocycles. The van der Waals surface area contributed by atoms with Crippen molar-refractivity contribution in [2.45, 2.75) is 31.1 Å². The third-order valence-electron chi connectivity index (χ3n) is 3.16. The van der Waals surface area contributed by atoms with Crippen LogP contribution < -0.4 is 5.32 Å². The minimum atomic E-state index is 0.590. The Hall–Kier alpha value is -0.130. The molecule has 1 aromatic heterocycles. The number of aryl methyl sites for hydroxylation is 1. The van der Waals surface area contributed by atoms with Gasteiger partial charge in [0.15, 0.2) is 0 Å². The Kier molecular flexibility index (Phi) is 5.92. The molecule has 1 N–H and O–H groups in total. The van der Waals surface area contributed by atoms with Crippen LogP contribution in [0.3, 0.4) is 0 Å². The zero-order valence-electron chi connectivity index (χ0n) is 11.3. The average molecular weight is 285 g/mol. The molecule has 2 unspecified atom stereocenters. The number of hydrogen-bond donors (Lipinski definition) is 1. The van der Waals surface area contributed by atoms with Crippen LogP contribution in [-0.4, -0.2) is 44.9 Å². The average Bonchev–Trinajstić information content (AvgIpc) is 2.81. The lowest BCUT2D eigenvalue weighted by molar-refractivity contribution is 0.505. The monoisotopic (exact) mass is 285 g/mol. The summed E-state index contributed by atoms with van der Waals surface area (Å²) in [5.41, 5.74) is 1.35. The molecule has 0 spiro atoms. The molecule has 0 aromatic carbocycles. The molecule has 18 heavy (non-hydrogen) atoms. The van der Waals surface area contributed by atoms with Crippen molar-refractivity contribution in [1.82, 2.24) is 15.1 Å². The van der Waals surface area contributed by atoms with Crippen molar-refractivity contribution in [3.05, 3.63) is 18.0 Å². The molecule has 2 atom stereocenters. The van der Waals surface area contributed by atoms with Crippen molar-refractivity contribution in [2.24, 2.45) is 7.05 Å². The fraction of sp³-hybridized carbons (Fsp3) is 0.769. The summed E-state index contributed by atoms with van der Waals surface area (Å²) in [5.74, 6) is 3.90. The number of rotatable bonds is 6. The van der Waals surface area contributed by atoms with Crippen LogP contribution in [-0.2, 0) is 13.5 Å². The van der Waals surface area contributed by atoms with Gasteiger partial charge in [-0.05, 0) is 24.9 Å². The highest BCUT2D eigenvalue weighted by Crippen LogP contribution is 2.27. The summed E-state index contributed by atoms with van der Waals surface area (Å²) >= 11 is 4.24. The Morgan fingerprint density at radius 3 is 3.06 bits per heavy atom. The van der Waals surface area contributed by atoms with Gasteiger partial charge >= 0.3 is 0 Å². The lowest BCUT2D eigenvalue weighted by atomic mass is 10.1. The molecule has 3 nitrogen and oxygen atoms in total. The van der Waals surface area contributed by atoms with E-state index in [1.807, 2.05) is 17.9 Å². The normalized spacial score (nSPS) is 22.0. The summed E-state index contributed by atoms with van der Waals surface area (Å²) in [7, 11) is 1.99.